The highest BCUT2D eigenvalue weighted by molar-refractivity contribution is 7.48. The first-order valence-electron chi connectivity index (χ1n) is 9.92. The Morgan fingerprint density at radius 2 is 1.69 bits per heavy atom. The fourth-order valence-electron chi connectivity index (χ4n) is 3.35. The number of aliphatic hydroxyl groups excluding tert-OH is 1. The lowest BCUT2D eigenvalue weighted by Crippen LogP contribution is -2.21. The molecule has 0 heterocycles. The summed E-state index contributed by atoms with van der Waals surface area (Å²) in [7, 11) is 2.19. The van der Waals surface area contributed by atoms with Crippen LogP contribution in [0.25, 0.3) is 0 Å². The van der Waals surface area contributed by atoms with Crippen LogP contribution in [-0.4, -0.2) is 12.2 Å². The van der Waals surface area contributed by atoms with Gasteiger partial charge in [0.15, 0.2) is 0 Å². The number of hydrogen-bond donors (Lipinski definition) is 1. The van der Waals surface area contributed by atoms with Crippen molar-refractivity contribution in [2.45, 2.75) is 38.6 Å². The van der Waals surface area contributed by atoms with Crippen molar-refractivity contribution >= 4 is 13.9 Å². The number of benzene rings is 3. The van der Waals surface area contributed by atoms with E-state index in [1.165, 1.54) is 5.30 Å². The fraction of sp³-hybridized carbons (Fsp3) is 0.280. The van der Waals surface area contributed by atoms with E-state index in [4.69, 9.17) is 9.47 Å². The molecule has 3 aromatic carbocycles. The molecule has 0 saturated heterocycles. The van der Waals surface area contributed by atoms with Gasteiger partial charge in [-0.25, -0.2) is 0 Å². The summed E-state index contributed by atoms with van der Waals surface area (Å²) in [6.07, 6.45) is 0.945. The maximum Gasteiger partial charge on any atom is 0.124 e. The van der Waals surface area contributed by atoms with E-state index >= 15 is 0 Å². The Hall–Kier alpha value is -2.35. The molecule has 4 heteroatoms. The zero-order valence-electron chi connectivity index (χ0n) is 17.3. The molecule has 0 radical (unpaired) electrons. The normalized spacial score (nSPS) is 13.4. The van der Waals surface area contributed by atoms with Crippen molar-refractivity contribution in [1.82, 2.24) is 0 Å². The predicted octanol–water partition coefficient (Wildman–Crippen LogP) is 5.40. The van der Waals surface area contributed by atoms with Gasteiger partial charge in [0.05, 0.1) is 13.7 Å². The Morgan fingerprint density at radius 1 is 0.966 bits per heavy atom. The largest absolute Gasteiger partial charge is 0.497 e. The van der Waals surface area contributed by atoms with E-state index in [2.05, 4.69) is 38.1 Å². The summed E-state index contributed by atoms with van der Waals surface area (Å²) in [6.45, 7) is 5.05. The molecule has 0 spiro atoms. The lowest BCUT2D eigenvalue weighted by Gasteiger charge is -2.32. The number of hydrogen-bond acceptors (Lipinski definition) is 3. The fourth-order valence-corrected chi connectivity index (χ4v) is 4.96. The SMILES string of the molecule is CCC(C)(Pc1ccccc1CO)c1cc(OC)ccc1OCc1ccccc1. The first-order chi connectivity index (χ1) is 14.1. The van der Waals surface area contributed by atoms with Crippen LogP contribution in [0, 0.1) is 0 Å². The van der Waals surface area contributed by atoms with Crippen LogP contribution in [-0.2, 0) is 18.4 Å². The Morgan fingerprint density at radius 3 is 2.38 bits per heavy atom. The molecule has 0 aromatic heterocycles. The standard InChI is InChI=1S/C25H29O3P/c1-4-25(2,29-24-13-9-8-12-20(24)17-26)22-16-21(27-3)14-15-23(22)28-18-19-10-6-5-7-11-19/h5-16,26,29H,4,17-18H2,1-3H3. The maximum absolute atomic E-state index is 9.77. The summed E-state index contributed by atoms with van der Waals surface area (Å²) < 4.78 is 11.8. The molecule has 0 fully saturated rings. The highest BCUT2D eigenvalue weighted by atomic mass is 31.1. The number of aliphatic hydroxyl groups is 1. The predicted molar refractivity (Wildman–Crippen MR) is 122 cm³/mol. The van der Waals surface area contributed by atoms with Crippen molar-refractivity contribution in [3.8, 4) is 11.5 Å². The molecule has 0 aliphatic heterocycles. The van der Waals surface area contributed by atoms with Crippen LogP contribution >= 0.6 is 8.58 Å². The van der Waals surface area contributed by atoms with E-state index in [0.29, 0.717) is 15.2 Å². The van der Waals surface area contributed by atoms with Crippen LogP contribution in [0.1, 0.15) is 37.0 Å². The summed E-state index contributed by atoms with van der Waals surface area (Å²) in [5, 5.41) is 10.8. The van der Waals surface area contributed by atoms with E-state index in [-0.39, 0.29) is 11.8 Å². The van der Waals surface area contributed by atoms with E-state index in [1.54, 1.807) is 7.11 Å². The van der Waals surface area contributed by atoms with Gasteiger partial charge in [-0.15, -0.1) is 0 Å². The third kappa shape index (κ3) is 5.18. The van der Waals surface area contributed by atoms with E-state index in [1.807, 2.05) is 48.5 Å². The van der Waals surface area contributed by atoms with Crippen molar-refractivity contribution in [3.63, 3.8) is 0 Å². The van der Waals surface area contributed by atoms with Gasteiger partial charge in [-0.05, 0) is 41.1 Å². The molecule has 152 valence electrons. The smallest absolute Gasteiger partial charge is 0.124 e. The Bertz CT molecular complexity index is 926. The van der Waals surface area contributed by atoms with Gasteiger partial charge in [0, 0.05) is 10.7 Å². The quantitative estimate of drug-likeness (QED) is 0.482. The highest BCUT2D eigenvalue weighted by Gasteiger charge is 2.30. The average Bonchev–Trinajstić information content (AvgIpc) is 2.78. The minimum absolute atomic E-state index is 0.0540. The summed E-state index contributed by atoms with van der Waals surface area (Å²) in [6, 6.07) is 24.4. The second kappa shape index (κ2) is 9.91. The molecule has 0 bridgehead atoms. The summed E-state index contributed by atoms with van der Waals surface area (Å²) in [5.41, 5.74) is 3.27. The number of rotatable bonds is 9. The molecule has 0 saturated carbocycles. The van der Waals surface area contributed by atoms with Crippen molar-refractivity contribution in [2.24, 2.45) is 0 Å². The molecule has 3 rings (SSSR count). The number of ether oxygens (including phenoxy) is 2. The van der Waals surface area contributed by atoms with Gasteiger partial charge in [0.1, 0.15) is 18.1 Å². The molecule has 2 atom stereocenters. The molecule has 3 nitrogen and oxygen atoms in total. The van der Waals surface area contributed by atoms with Gasteiger partial charge in [-0.3, -0.25) is 0 Å². The molecule has 1 N–H and O–H groups in total. The monoisotopic (exact) mass is 408 g/mol. The van der Waals surface area contributed by atoms with Gasteiger partial charge in [-0.1, -0.05) is 77.0 Å². The van der Waals surface area contributed by atoms with Crippen LogP contribution in [0.3, 0.4) is 0 Å². The maximum atomic E-state index is 9.77. The van der Waals surface area contributed by atoms with E-state index in [9.17, 15) is 5.11 Å². The lowest BCUT2D eigenvalue weighted by molar-refractivity contribution is 0.283. The molecular formula is C25H29O3P. The number of methoxy groups -OCH3 is 1. The highest BCUT2D eigenvalue weighted by Crippen LogP contribution is 2.48. The van der Waals surface area contributed by atoms with Gasteiger partial charge >= 0.3 is 0 Å². The molecule has 29 heavy (non-hydrogen) atoms. The third-order valence-electron chi connectivity index (χ3n) is 5.32. The first-order valence-corrected chi connectivity index (χ1v) is 10.9. The lowest BCUT2D eigenvalue weighted by atomic mass is 9.96. The molecular weight excluding hydrogens is 379 g/mol. The van der Waals surface area contributed by atoms with Crippen LogP contribution in [0.15, 0.2) is 72.8 Å². The molecule has 0 aliphatic rings. The second-order valence-electron chi connectivity index (χ2n) is 7.26. The van der Waals surface area contributed by atoms with Gasteiger partial charge in [0.2, 0.25) is 0 Å². The van der Waals surface area contributed by atoms with Crippen LogP contribution in [0.5, 0.6) is 11.5 Å². The Balaban J connectivity index is 1.96. The van der Waals surface area contributed by atoms with E-state index < -0.39 is 0 Å². The minimum Gasteiger partial charge on any atom is -0.497 e. The van der Waals surface area contributed by atoms with Gasteiger partial charge in [-0.2, -0.15) is 0 Å². The Kier molecular flexibility index (Phi) is 7.30. The van der Waals surface area contributed by atoms with Crippen LogP contribution < -0.4 is 14.8 Å². The van der Waals surface area contributed by atoms with Crippen molar-refractivity contribution in [2.75, 3.05) is 7.11 Å². The zero-order chi connectivity index (χ0) is 20.7. The van der Waals surface area contributed by atoms with E-state index in [0.717, 1.165) is 34.6 Å². The van der Waals surface area contributed by atoms with Gasteiger partial charge < -0.3 is 14.6 Å². The molecule has 2 unspecified atom stereocenters. The van der Waals surface area contributed by atoms with Crippen LogP contribution in [0.2, 0.25) is 0 Å². The van der Waals surface area contributed by atoms with Gasteiger partial charge in [0.25, 0.3) is 0 Å². The molecule has 0 amide bonds. The molecule has 0 aliphatic carbocycles. The average molecular weight is 408 g/mol. The summed E-state index contributed by atoms with van der Waals surface area (Å²) in [5.74, 6) is 1.71. The van der Waals surface area contributed by atoms with Crippen molar-refractivity contribution < 1.29 is 14.6 Å². The van der Waals surface area contributed by atoms with Crippen molar-refractivity contribution in [3.05, 3.63) is 89.5 Å². The van der Waals surface area contributed by atoms with Crippen molar-refractivity contribution in [1.29, 1.82) is 0 Å². The third-order valence-corrected chi connectivity index (χ3v) is 7.26. The summed E-state index contributed by atoms with van der Waals surface area (Å²) >= 11 is 0. The zero-order valence-corrected chi connectivity index (χ0v) is 18.3. The summed E-state index contributed by atoms with van der Waals surface area (Å²) in [4.78, 5) is 0. The topological polar surface area (TPSA) is 38.7 Å². The minimum atomic E-state index is -0.133. The first kappa shape index (κ1) is 21.4. The molecule has 3 aromatic rings. The van der Waals surface area contributed by atoms with Crippen LogP contribution in [0.4, 0.5) is 0 Å². The Labute approximate surface area is 175 Å². The second-order valence-corrected chi connectivity index (χ2v) is 9.15.